The minimum Gasteiger partial charge on any atom is -0.478 e. The van der Waals surface area contributed by atoms with Gasteiger partial charge in [0.2, 0.25) is 0 Å². The Bertz CT molecular complexity index is 1260. The van der Waals surface area contributed by atoms with Gasteiger partial charge < -0.3 is 9.67 Å². The van der Waals surface area contributed by atoms with Crippen molar-refractivity contribution in [2.45, 2.75) is 6.92 Å². The van der Waals surface area contributed by atoms with Crippen LogP contribution in [0.5, 0.6) is 0 Å². The van der Waals surface area contributed by atoms with Crippen LogP contribution >= 0.6 is 12.2 Å². The standard InChI is InChI=1S/C23H17N3O4S/c1-14-5-2-3-7-19(14)26-21(28)18(20(27)24-23(26)31)13-17-6-4-12-25(17)16-10-8-15(9-11-16)22(29)30/h2-13H,1H3,(H,29,30)(H,24,27,31)/b18-13+. The predicted molar refractivity (Wildman–Crippen MR) is 120 cm³/mol. The summed E-state index contributed by atoms with van der Waals surface area (Å²) < 4.78 is 1.75. The lowest BCUT2D eigenvalue weighted by Crippen LogP contribution is -2.54. The molecule has 0 spiro atoms. The summed E-state index contributed by atoms with van der Waals surface area (Å²) >= 11 is 5.25. The van der Waals surface area contributed by atoms with Gasteiger partial charge in [-0.15, -0.1) is 0 Å². The topological polar surface area (TPSA) is 91.6 Å². The number of anilines is 1. The monoisotopic (exact) mass is 431 g/mol. The fraction of sp³-hybridized carbons (Fsp3) is 0.0435. The van der Waals surface area contributed by atoms with Crippen LogP contribution in [0.4, 0.5) is 5.69 Å². The Morgan fingerprint density at radius 1 is 1.03 bits per heavy atom. The Morgan fingerprint density at radius 3 is 2.42 bits per heavy atom. The summed E-state index contributed by atoms with van der Waals surface area (Å²) in [5.74, 6) is -2.11. The molecule has 2 heterocycles. The quantitative estimate of drug-likeness (QED) is 0.376. The van der Waals surface area contributed by atoms with E-state index in [0.717, 1.165) is 5.56 Å². The summed E-state index contributed by atoms with van der Waals surface area (Å²) in [5.41, 5.74) is 2.83. The average molecular weight is 431 g/mol. The maximum absolute atomic E-state index is 13.2. The lowest BCUT2D eigenvalue weighted by atomic mass is 10.1. The molecular weight excluding hydrogens is 414 g/mol. The first kappa shape index (κ1) is 20.2. The van der Waals surface area contributed by atoms with E-state index in [4.69, 9.17) is 17.3 Å². The number of aromatic nitrogens is 1. The van der Waals surface area contributed by atoms with Crippen molar-refractivity contribution in [3.63, 3.8) is 0 Å². The number of nitrogens with zero attached hydrogens (tertiary/aromatic N) is 2. The first-order valence-corrected chi connectivity index (χ1v) is 9.76. The van der Waals surface area contributed by atoms with Crippen LogP contribution < -0.4 is 10.2 Å². The van der Waals surface area contributed by atoms with Crippen molar-refractivity contribution >= 4 is 46.9 Å². The molecule has 0 atom stereocenters. The zero-order chi connectivity index (χ0) is 22.1. The second-order valence-electron chi connectivity index (χ2n) is 6.90. The van der Waals surface area contributed by atoms with Crippen LogP contribution in [0.25, 0.3) is 11.8 Å². The highest BCUT2D eigenvalue weighted by molar-refractivity contribution is 7.80. The number of hydrogen-bond acceptors (Lipinski definition) is 4. The first-order chi connectivity index (χ1) is 14.9. The van der Waals surface area contributed by atoms with Crippen LogP contribution in [0.3, 0.4) is 0 Å². The normalized spacial score (nSPS) is 15.3. The highest BCUT2D eigenvalue weighted by Gasteiger charge is 2.35. The molecule has 2 N–H and O–H groups in total. The average Bonchev–Trinajstić information content (AvgIpc) is 3.20. The fourth-order valence-electron chi connectivity index (χ4n) is 3.35. The van der Waals surface area contributed by atoms with E-state index in [1.807, 2.05) is 19.1 Å². The first-order valence-electron chi connectivity index (χ1n) is 9.35. The number of carboxylic acids is 1. The number of carboxylic acid groups (broad SMARTS) is 1. The molecule has 154 valence electrons. The number of rotatable bonds is 4. The Balaban J connectivity index is 1.73. The number of benzene rings is 2. The lowest BCUT2D eigenvalue weighted by molar-refractivity contribution is -0.122. The van der Waals surface area contributed by atoms with Crippen LogP contribution in [0.15, 0.2) is 72.4 Å². The van der Waals surface area contributed by atoms with Gasteiger partial charge in [0.15, 0.2) is 5.11 Å². The third-order valence-corrected chi connectivity index (χ3v) is 5.21. The van der Waals surface area contributed by atoms with Gasteiger partial charge in [0.25, 0.3) is 11.8 Å². The van der Waals surface area contributed by atoms with Crippen LogP contribution in [0, 0.1) is 6.92 Å². The number of aryl methyl sites for hydroxylation is 1. The zero-order valence-corrected chi connectivity index (χ0v) is 17.2. The molecule has 0 saturated carbocycles. The number of aromatic carboxylic acids is 1. The van der Waals surface area contributed by atoms with Crippen molar-refractivity contribution in [1.82, 2.24) is 9.88 Å². The molecule has 1 fully saturated rings. The van der Waals surface area contributed by atoms with Gasteiger partial charge in [-0.05, 0) is 73.2 Å². The summed E-state index contributed by atoms with van der Waals surface area (Å²) in [5, 5.41) is 11.7. The number of para-hydroxylation sites is 1. The van der Waals surface area contributed by atoms with Gasteiger partial charge in [0, 0.05) is 17.6 Å². The second kappa shape index (κ2) is 8.00. The van der Waals surface area contributed by atoms with Crippen LogP contribution in [0.1, 0.15) is 21.6 Å². The number of amides is 2. The number of carbonyl (C=O) groups excluding carboxylic acids is 2. The summed E-state index contributed by atoms with van der Waals surface area (Å²) in [4.78, 5) is 38.2. The largest absolute Gasteiger partial charge is 0.478 e. The number of carbonyl (C=O) groups is 3. The maximum Gasteiger partial charge on any atom is 0.335 e. The van der Waals surface area contributed by atoms with Crippen molar-refractivity contribution in [1.29, 1.82) is 0 Å². The fourth-order valence-corrected chi connectivity index (χ4v) is 3.62. The molecule has 4 rings (SSSR count). The van der Waals surface area contributed by atoms with Gasteiger partial charge in [0.1, 0.15) is 5.57 Å². The Morgan fingerprint density at radius 2 is 1.74 bits per heavy atom. The molecule has 8 heteroatoms. The van der Waals surface area contributed by atoms with E-state index in [1.54, 1.807) is 47.2 Å². The van der Waals surface area contributed by atoms with Crippen LogP contribution in [-0.4, -0.2) is 32.6 Å². The van der Waals surface area contributed by atoms with E-state index < -0.39 is 17.8 Å². The summed E-state index contributed by atoms with van der Waals surface area (Å²) in [6, 6.07) is 17.1. The predicted octanol–water partition coefficient (Wildman–Crippen LogP) is 3.32. The highest BCUT2D eigenvalue weighted by Crippen LogP contribution is 2.25. The zero-order valence-electron chi connectivity index (χ0n) is 16.4. The number of nitrogens with one attached hydrogen (secondary N) is 1. The molecule has 0 aliphatic carbocycles. The Hall–Kier alpha value is -4.04. The van der Waals surface area contributed by atoms with E-state index in [1.165, 1.54) is 23.1 Å². The number of hydrogen-bond donors (Lipinski definition) is 2. The molecule has 2 amide bonds. The Labute approximate surface area is 183 Å². The Kier molecular flexibility index (Phi) is 5.22. The molecule has 1 saturated heterocycles. The van der Waals surface area contributed by atoms with Gasteiger partial charge in [0.05, 0.1) is 11.3 Å². The van der Waals surface area contributed by atoms with Crippen molar-refractivity contribution in [2.75, 3.05) is 4.90 Å². The van der Waals surface area contributed by atoms with Gasteiger partial charge >= 0.3 is 5.97 Å². The maximum atomic E-state index is 13.2. The summed E-state index contributed by atoms with van der Waals surface area (Å²) in [7, 11) is 0. The van der Waals surface area contributed by atoms with Crippen molar-refractivity contribution < 1.29 is 19.5 Å². The molecule has 1 aromatic heterocycles. The van der Waals surface area contributed by atoms with E-state index >= 15 is 0 Å². The van der Waals surface area contributed by atoms with E-state index in [9.17, 15) is 14.4 Å². The molecular formula is C23H17N3O4S. The van der Waals surface area contributed by atoms with Crippen molar-refractivity contribution in [3.05, 3.63) is 89.3 Å². The third kappa shape index (κ3) is 3.76. The molecule has 7 nitrogen and oxygen atoms in total. The molecule has 3 aromatic rings. The second-order valence-corrected chi connectivity index (χ2v) is 7.29. The highest BCUT2D eigenvalue weighted by atomic mass is 32.1. The summed E-state index contributed by atoms with van der Waals surface area (Å²) in [6.45, 7) is 1.86. The van der Waals surface area contributed by atoms with Gasteiger partial charge in [-0.2, -0.15) is 0 Å². The van der Waals surface area contributed by atoms with E-state index in [2.05, 4.69) is 5.32 Å². The van der Waals surface area contributed by atoms with E-state index in [-0.39, 0.29) is 16.2 Å². The smallest absolute Gasteiger partial charge is 0.335 e. The molecule has 1 aliphatic rings. The molecule has 0 unspecified atom stereocenters. The third-order valence-electron chi connectivity index (χ3n) is 4.92. The SMILES string of the molecule is Cc1ccccc1N1C(=O)/C(=C/c2cccn2-c2ccc(C(=O)O)cc2)C(=O)NC1=S. The lowest BCUT2D eigenvalue weighted by Gasteiger charge is -2.30. The van der Waals surface area contributed by atoms with E-state index in [0.29, 0.717) is 17.1 Å². The van der Waals surface area contributed by atoms with Crippen LogP contribution in [-0.2, 0) is 9.59 Å². The molecule has 1 aliphatic heterocycles. The van der Waals surface area contributed by atoms with Crippen LogP contribution in [0.2, 0.25) is 0 Å². The van der Waals surface area contributed by atoms with Gasteiger partial charge in [-0.1, -0.05) is 18.2 Å². The number of thiocarbonyl (C=S) groups is 1. The molecule has 0 radical (unpaired) electrons. The molecule has 0 bridgehead atoms. The minimum atomic E-state index is -1.02. The van der Waals surface area contributed by atoms with Crippen molar-refractivity contribution in [3.8, 4) is 5.69 Å². The van der Waals surface area contributed by atoms with Gasteiger partial charge in [-0.25, -0.2) is 4.79 Å². The summed E-state index contributed by atoms with van der Waals surface area (Å²) in [6.07, 6.45) is 3.26. The minimum absolute atomic E-state index is 0.0288. The van der Waals surface area contributed by atoms with Crippen molar-refractivity contribution in [2.24, 2.45) is 0 Å². The van der Waals surface area contributed by atoms with Gasteiger partial charge in [-0.3, -0.25) is 19.8 Å². The molecule has 2 aromatic carbocycles. The molecule has 31 heavy (non-hydrogen) atoms.